The molecule has 0 aliphatic heterocycles. The number of sulfonamides is 1. The van der Waals surface area contributed by atoms with Crippen LogP contribution in [0.1, 0.15) is 6.92 Å². The highest BCUT2D eigenvalue weighted by molar-refractivity contribution is 7.93. The van der Waals surface area contributed by atoms with Gasteiger partial charge in [-0.05, 0) is 48.9 Å². The zero-order valence-electron chi connectivity index (χ0n) is 19.8. The number of hydrogen-bond acceptors (Lipinski definition) is 7. The number of ether oxygens (including phenoxy) is 1. The lowest BCUT2D eigenvalue weighted by Gasteiger charge is -2.24. The highest BCUT2D eigenvalue weighted by atomic mass is 32.2. The Hall–Kier alpha value is -3.95. The van der Waals surface area contributed by atoms with Crippen molar-refractivity contribution in [1.82, 2.24) is 9.97 Å². The molecule has 0 spiro atoms. The predicted molar refractivity (Wildman–Crippen MR) is 146 cm³/mol. The Morgan fingerprint density at radius 2 is 1.67 bits per heavy atom. The highest BCUT2D eigenvalue weighted by Crippen LogP contribution is 2.39. The van der Waals surface area contributed by atoms with E-state index in [9.17, 15) is 8.42 Å². The van der Waals surface area contributed by atoms with Gasteiger partial charge in [-0.3, -0.25) is 4.31 Å². The van der Waals surface area contributed by atoms with Gasteiger partial charge in [0.15, 0.2) is 0 Å². The second-order valence-corrected chi connectivity index (χ2v) is 10.6. The number of hydrogen-bond donors (Lipinski definition) is 1. The third kappa shape index (κ3) is 4.38. The predicted octanol–water partition coefficient (Wildman–Crippen LogP) is 6.33. The largest absolute Gasteiger partial charge is 0.497 e. The van der Waals surface area contributed by atoms with E-state index in [0.717, 1.165) is 27.1 Å². The third-order valence-corrected chi connectivity index (χ3v) is 8.66. The molecule has 0 unspecified atom stereocenters. The fourth-order valence-electron chi connectivity index (χ4n) is 4.08. The molecule has 0 aliphatic rings. The first-order chi connectivity index (χ1) is 17.5. The molecule has 9 heteroatoms. The molecule has 3 aromatic carbocycles. The van der Waals surface area contributed by atoms with Crippen LogP contribution in [0.5, 0.6) is 5.75 Å². The zero-order valence-corrected chi connectivity index (χ0v) is 21.4. The lowest BCUT2D eigenvalue weighted by atomic mass is 10.1. The Labute approximate surface area is 214 Å². The van der Waals surface area contributed by atoms with Gasteiger partial charge in [0.1, 0.15) is 27.6 Å². The molecule has 0 atom stereocenters. The van der Waals surface area contributed by atoms with Gasteiger partial charge in [-0.15, -0.1) is 11.3 Å². The van der Waals surface area contributed by atoms with Gasteiger partial charge in [-0.25, -0.2) is 18.4 Å². The van der Waals surface area contributed by atoms with Gasteiger partial charge in [-0.2, -0.15) is 0 Å². The number of fused-ring (bicyclic) bond motifs is 1. The van der Waals surface area contributed by atoms with Crippen molar-refractivity contribution in [1.29, 1.82) is 0 Å². The number of benzene rings is 3. The second kappa shape index (κ2) is 9.96. The Kier molecular flexibility index (Phi) is 6.58. The van der Waals surface area contributed by atoms with Crippen molar-refractivity contribution in [3.05, 3.63) is 90.6 Å². The Morgan fingerprint density at radius 1 is 0.944 bits per heavy atom. The maximum absolute atomic E-state index is 13.8. The van der Waals surface area contributed by atoms with Crippen LogP contribution in [-0.2, 0) is 10.0 Å². The molecule has 182 valence electrons. The van der Waals surface area contributed by atoms with Gasteiger partial charge in [0.2, 0.25) is 0 Å². The first-order valence-electron chi connectivity index (χ1n) is 11.3. The van der Waals surface area contributed by atoms with Crippen LogP contribution >= 0.6 is 11.3 Å². The van der Waals surface area contributed by atoms with E-state index in [0.29, 0.717) is 23.7 Å². The van der Waals surface area contributed by atoms with E-state index in [4.69, 9.17) is 4.74 Å². The van der Waals surface area contributed by atoms with Gasteiger partial charge >= 0.3 is 0 Å². The van der Waals surface area contributed by atoms with Crippen LogP contribution in [0.2, 0.25) is 0 Å². The topological polar surface area (TPSA) is 84.4 Å². The van der Waals surface area contributed by atoms with Gasteiger partial charge < -0.3 is 10.1 Å². The molecule has 7 nitrogen and oxygen atoms in total. The van der Waals surface area contributed by atoms with E-state index in [-0.39, 0.29) is 4.90 Å². The van der Waals surface area contributed by atoms with Crippen LogP contribution < -0.4 is 14.4 Å². The third-order valence-electron chi connectivity index (χ3n) is 5.81. The molecule has 0 amide bonds. The molecule has 0 radical (unpaired) electrons. The fourth-order valence-corrected chi connectivity index (χ4v) is 6.62. The maximum atomic E-state index is 13.8. The van der Waals surface area contributed by atoms with Crippen LogP contribution in [0.15, 0.2) is 95.5 Å². The summed E-state index contributed by atoms with van der Waals surface area (Å²) in [5, 5.41) is 6.16. The van der Waals surface area contributed by atoms with Crippen molar-refractivity contribution in [2.45, 2.75) is 11.8 Å². The second-order valence-electron chi connectivity index (χ2n) is 7.91. The zero-order chi connectivity index (χ0) is 25.1. The molecular weight excluding hydrogens is 492 g/mol. The molecule has 2 aromatic heterocycles. The van der Waals surface area contributed by atoms with Crippen LogP contribution in [0.3, 0.4) is 0 Å². The molecule has 0 fully saturated rings. The summed E-state index contributed by atoms with van der Waals surface area (Å²) < 4.78 is 34.2. The minimum atomic E-state index is -3.85. The Balaban J connectivity index is 1.58. The first-order valence-corrected chi connectivity index (χ1v) is 13.7. The Bertz CT molecular complexity index is 1600. The SMILES string of the molecule is CCN(c1ccccc1)S(=O)(=O)c1ccccc1Nc1ncnc2scc(-c3ccc(OC)cc3)c12. The Morgan fingerprint density at radius 3 is 2.39 bits per heavy atom. The normalized spacial score (nSPS) is 11.4. The molecule has 0 saturated carbocycles. The number of nitrogens with zero attached hydrogens (tertiary/aromatic N) is 3. The molecule has 0 bridgehead atoms. The number of para-hydroxylation sites is 2. The molecule has 36 heavy (non-hydrogen) atoms. The molecular formula is C27H24N4O3S2. The number of anilines is 3. The molecule has 1 N–H and O–H groups in total. The number of nitrogens with one attached hydrogen (secondary N) is 1. The summed E-state index contributed by atoms with van der Waals surface area (Å²) in [6.45, 7) is 2.12. The molecule has 0 aliphatic carbocycles. The van der Waals surface area contributed by atoms with E-state index in [2.05, 4.69) is 15.3 Å². The van der Waals surface area contributed by atoms with Crippen LogP contribution in [0.4, 0.5) is 17.2 Å². The number of aromatic nitrogens is 2. The summed E-state index contributed by atoms with van der Waals surface area (Å²) in [6, 6.07) is 23.7. The summed E-state index contributed by atoms with van der Waals surface area (Å²) in [7, 11) is -2.22. The monoisotopic (exact) mass is 516 g/mol. The summed E-state index contributed by atoms with van der Waals surface area (Å²) in [6.07, 6.45) is 1.48. The van der Waals surface area contributed by atoms with Crippen molar-refractivity contribution >= 4 is 48.8 Å². The van der Waals surface area contributed by atoms with Crippen LogP contribution in [0.25, 0.3) is 21.3 Å². The minimum absolute atomic E-state index is 0.170. The summed E-state index contributed by atoms with van der Waals surface area (Å²) in [5.41, 5.74) is 3.00. The van der Waals surface area contributed by atoms with Crippen molar-refractivity contribution in [3.8, 4) is 16.9 Å². The van der Waals surface area contributed by atoms with Crippen molar-refractivity contribution in [2.75, 3.05) is 23.3 Å². The number of rotatable bonds is 8. The van der Waals surface area contributed by atoms with Crippen molar-refractivity contribution in [2.24, 2.45) is 0 Å². The van der Waals surface area contributed by atoms with E-state index in [1.165, 1.54) is 22.0 Å². The van der Waals surface area contributed by atoms with Gasteiger partial charge in [0.25, 0.3) is 10.0 Å². The summed E-state index contributed by atoms with van der Waals surface area (Å²) in [5.74, 6) is 1.31. The summed E-state index contributed by atoms with van der Waals surface area (Å²) in [4.78, 5) is 9.90. The van der Waals surface area contributed by atoms with Crippen LogP contribution in [0, 0.1) is 0 Å². The van der Waals surface area contributed by atoms with Crippen molar-refractivity contribution < 1.29 is 13.2 Å². The van der Waals surface area contributed by atoms with E-state index >= 15 is 0 Å². The highest BCUT2D eigenvalue weighted by Gasteiger charge is 2.27. The van der Waals surface area contributed by atoms with Gasteiger partial charge in [0.05, 0.1) is 23.9 Å². The van der Waals surface area contributed by atoms with Gasteiger partial charge in [-0.1, -0.05) is 42.5 Å². The molecule has 2 heterocycles. The maximum Gasteiger partial charge on any atom is 0.266 e. The summed E-state index contributed by atoms with van der Waals surface area (Å²) >= 11 is 1.51. The lowest BCUT2D eigenvalue weighted by molar-refractivity contribution is 0.415. The standard InChI is InChI=1S/C27H24N4O3S2/c1-3-31(20-9-5-4-6-10-20)36(32,33)24-12-8-7-11-23(24)30-26-25-22(17-35-27(25)29-18-28-26)19-13-15-21(34-2)16-14-19/h4-18H,3H2,1-2H3,(H,28,29,30). The quantitative estimate of drug-likeness (QED) is 0.260. The number of methoxy groups -OCH3 is 1. The first kappa shape index (κ1) is 23.8. The smallest absolute Gasteiger partial charge is 0.266 e. The lowest BCUT2D eigenvalue weighted by Crippen LogP contribution is -2.31. The van der Waals surface area contributed by atoms with Crippen molar-refractivity contribution in [3.63, 3.8) is 0 Å². The van der Waals surface area contributed by atoms with E-state index in [1.54, 1.807) is 43.5 Å². The molecule has 5 aromatic rings. The van der Waals surface area contributed by atoms with E-state index in [1.807, 2.05) is 54.8 Å². The number of thiophene rings is 1. The molecule has 0 saturated heterocycles. The average molecular weight is 517 g/mol. The van der Waals surface area contributed by atoms with Crippen LogP contribution in [-0.4, -0.2) is 32.0 Å². The molecule has 5 rings (SSSR count). The van der Waals surface area contributed by atoms with E-state index < -0.39 is 10.0 Å². The average Bonchev–Trinajstić information content (AvgIpc) is 3.35. The fraction of sp³-hybridized carbons (Fsp3) is 0.111. The minimum Gasteiger partial charge on any atom is -0.497 e. The van der Waals surface area contributed by atoms with Gasteiger partial charge in [0, 0.05) is 17.5 Å².